The van der Waals surface area contributed by atoms with Gasteiger partial charge in [0.15, 0.2) is 5.13 Å². The molecule has 3 aromatic rings. The third-order valence-electron chi connectivity index (χ3n) is 6.30. The fraction of sp³-hybridized carbons (Fsp3) is 0.462. The summed E-state index contributed by atoms with van der Waals surface area (Å²) < 4.78 is 50.0. The fourth-order valence-corrected chi connectivity index (χ4v) is 6.60. The van der Waals surface area contributed by atoms with E-state index in [-0.39, 0.29) is 43.2 Å². The summed E-state index contributed by atoms with van der Waals surface area (Å²) in [6, 6.07) is 11.6. The number of methoxy groups -OCH3 is 3. The fourth-order valence-electron chi connectivity index (χ4n) is 4.19. The maximum absolute atomic E-state index is 13.7. The molecule has 10 nitrogen and oxygen atoms in total. The van der Waals surface area contributed by atoms with Crippen LogP contribution in [-0.2, 0) is 24.2 Å². The molecule has 0 saturated carbocycles. The number of rotatable bonds is 13. The zero-order valence-corrected chi connectivity index (χ0v) is 23.4. The van der Waals surface area contributed by atoms with E-state index in [1.165, 1.54) is 42.0 Å². The lowest BCUT2D eigenvalue weighted by Crippen LogP contribution is -2.38. The number of hydrogen-bond donors (Lipinski definition) is 0. The number of carbonyl (C=O) groups excluding carboxylic acids is 1. The van der Waals surface area contributed by atoms with Crippen molar-refractivity contribution in [3.63, 3.8) is 0 Å². The molecule has 38 heavy (non-hydrogen) atoms. The van der Waals surface area contributed by atoms with Crippen molar-refractivity contribution in [1.29, 1.82) is 0 Å². The van der Waals surface area contributed by atoms with Crippen molar-refractivity contribution >= 4 is 42.6 Å². The minimum absolute atomic E-state index is 0.0877. The zero-order chi connectivity index (χ0) is 27.1. The highest BCUT2D eigenvalue weighted by Crippen LogP contribution is 2.33. The molecule has 0 aliphatic carbocycles. The number of nitrogens with zero attached hydrogens (tertiary/aromatic N) is 3. The lowest BCUT2D eigenvalue weighted by atomic mass is 10.2. The second-order valence-electron chi connectivity index (χ2n) is 8.79. The first-order chi connectivity index (χ1) is 18.4. The summed E-state index contributed by atoms with van der Waals surface area (Å²) >= 11 is 1.40. The monoisotopic (exact) mass is 563 g/mol. The minimum Gasteiger partial charge on any atom is -0.497 e. The number of benzene rings is 2. The third kappa shape index (κ3) is 6.50. The molecule has 1 atom stereocenters. The molecule has 1 saturated heterocycles. The molecule has 0 spiro atoms. The Bertz CT molecular complexity index is 1310. The molecule has 1 aromatic heterocycles. The lowest BCUT2D eigenvalue weighted by molar-refractivity contribution is 0.0917. The molecule has 0 radical (unpaired) electrons. The minimum atomic E-state index is -3.80. The number of amides is 1. The van der Waals surface area contributed by atoms with Crippen LogP contribution in [0.4, 0.5) is 5.13 Å². The van der Waals surface area contributed by atoms with Crippen molar-refractivity contribution in [1.82, 2.24) is 9.29 Å². The average molecular weight is 564 g/mol. The molecule has 4 rings (SSSR count). The summed E-state index contributed by atoms with van der Waals surface area (Å²) in [4.78, 5) is 20.2. The van der Waals surface area contributed by atoms with Crippen LogP contribution in [0.25, 0.3) is 10.2 Å². The first-order valence-electron chi connectivity index (χ1n) is 12.3. The van der Waals surface area contributed by atoms with Gasteiger partial charge in [0.25, 0.3) is 5.91 Å². The van der Waals surface area contributed by atoms with Crippen LogP contribution in [0.15, 0.2) is 47.4 Å². The molecule has 0 N–H and O–H groups in total. The van der Waals surface area contributed by atoms with Gasteiger partial charge in [-0.05, 0) is 55.3 Å². The average Bonchev–Trinajstić information content (AvgIpc) is 3.60. The predicted molar refractivity (Wildman–Crippen MR) is 146 cm³/mol. The van der Waals surface area contributed by atoms with E-state index in [1.807, 2.05) is 18.2 Å². The van der Waals surface area contributed by atoms with Crippen molar-refractivity contribution < 1.29 is 32.2 Å². The Kier molecular flexibility index (Phi) is 9.69. The van der Waals surface area contributed by atoms with Crippen molar-refractivity contribution in [2.75, 3.05) is 65.7 Å². The van der Waals surface area contributed by atoms with E-state index >= 15 is 0 Å². The van der Waals surface area contributed by atoms with Gasteiger partial charge in [0, 0.05) is 39.5 Å². The van der Waals surface area contributed by atoms with Crippen molar-refractivity contribution in [2.24, 2.45) is 0 Å². The van der Waals surface area contributed by atoms with E-state index in [0.29, 0.717) is 29.6 Å². The van der Waals surface area contributed by atoms with E-state index < -0.39 is 10.0 Å². The third-order valence-corrected chi connectivity index (χ3v) is 9.25. The Balaban J connectivity index is 1.61. The number of fused-ring (bicyclic) bond motifs is 1. The Morgan fingerprint density at radius 2 is 1.79 bits per heavy atom. The highest BCUT2D eigenvalue weighted by atomic mass is 32.2. The number of sulfonamides is 1. The first kappa shape index (κ1) is 28.4. The maximum Gasteiger partial charge on any atom is 0.260 e. The Labute approximate surface area is 227 Å². The van der Waals surface area contributed by atoms with Gasteiger partial charge in [0.1, 0.15) is 5.75 Å². The van der Waals surface area contributed by atoms with Crippen LogP contribution in [0, 0.1) is 0 Å². The smallest absolute Gasteiger partial charge is 0.260 e. The topological polar surface area (TPSA) is 108 Å². The van der Waals surface area contributed by atoms with Crippen LogP contribution < -0.4 is 9.64 Å². The van der Waals surface area contributed by atoms with Gasteiger partial charge >= 0.3 is 0 Å². The summed E-state index contributed by atoms with van der Waals surface area (Å²) in [7, 11) is 0.848. The van der Waals surface area contributed by atoms with Crippen LogP contribution in [0.5, 0.6) is 5.75 Å². The van der Waals surface area contributed by atoms with Crippen LogP contribution in [0.3, 0.4) is 0 Å². The normalized spacial score (nSPS) is 15.8. The summed E-state index contributed by atoms with van der Waals surface area (Å²) in [5, 5.41) is 0.552. The van der Waals surface area contributed by atoms with Gasteiger partial charge in [-0.15, -0.1) is 0 Å². The summed E-state index contributed by atoms with van der Waals surface area (Å²) in [6.45, 7) is 1.93. The van der Waals surface area contributed by atoms with Gasteiger partial charge in [0.05, 0.1) is 48.1 Å². The summed E-state index contributed by atoms with van der Waals surface area (Å²) in [6.07, 6.45) is 1.72. The quantitative estimate of drug-likeness (QED) is 0.311. The van der Waals surface area contributed by atoms with Crippen LogP contribution in [0.1, 0.15) is 23.2 Å². The second-order valence-corrected chi connectivity index (χ2v) is 11.7. The van der Waals surface area contributed by atoms with E-state index in [1.54, 1.807) is 24.1 Å². The Morgan fingerprint density at radius 3 is 2.39 bits per heavy atom. The highest BCUT2D eigenvalue weighted by molar-refractivity contribution is 7.89. The summed E-state index contributed by atoms with van der Waals surface area (Å²) in [5.41, 5.74) is 1.13. The molecule has 1 unspecified atom stereocenters. The highest BCUT2D eigenvalue weighted by Gasteiger charge is 2.28. The Hall–Kier alpha value is -2.61. The first-order valence-corrected chi connectivity index (χ1v) is 14.6. The van der Waals surface area contributed by atoms with E-state index in [9.17, 15) is 13.2 Å². The van der Waals surface area contributed by atoms with Crippen molar-refractivity contribution in [3.05, 3.63) is 48.0 Å². The van der Waals surface area contributed by atoms with Crippen molar-refractivity contribution in [3.8, 4) is 5.75 Å². The number of aromatic nitrogens is 1. The molecule has 1 aliphatic heterocycles. The molecule has 1 amide bonds. The molecular formula is C26H33N3O7S2. The van der Waals surface area contributed by atoms with Crippen LogP contribution in [-0.4, -0.2) is 90.5 Å². The van der Waals surface area contributed by atoms with Gasteiger partial charge in [0.2, 0.25) is 10.0 Å². The number of ether oxygens (including phenoxy) is 4. The predicted octanol–water partition coefficient (Wildman–Crippen LogP) is 3.41. The van der Waals surface area contributed by atoms with Gasteiger partial charge in [-0.25, -0.2) is 13.4 Å². The molecule has 2 heterocycles. The molecule has 206 valence electrons. The number of anilines is 1. The van der Waals surface area contributed by atoms with E-state index in [2.05, 4.69) is 0 Å². The van der Waals surface area contributed by atoms with Gasteiger partial charge in [-0.2, -0.15) is 4.31 Å². The summed E-state index contributed by atoms with van der Waals surface area (Å²) in [5.74, 6) is 0.442. The molecule has 0 bridgehead atoms. The second kappa shape index (κ2) is 13.0. The zero-order valence-electron chi connectivity index (χ0n) is 21.8. The molecule has 2 aromatic carbocycles. The van der Waals surface area contributed by atoms with Crippen molar-refractivity contribution in [2.45, 2.75) is 23.8 Å². The molecular weight excluding hydrogens is 530 g/mol. The van der Waals surface area contributed by atoms with Gasteiger partial charge in [-0.1, -0.05) is 11.3 Å². The number of thiazole rings is 1. The van der Waals surface area contributed by atoms with Gasteiger partial charge < -0.3 is 18.9 Å². The Morgan fingerprint density at radius 1 is 1.08 bits per heavy atom. The lowest BCUT2D eigenvalue weighted by Gasteiger charge is -2.24. The van der Waals surface area contributed by atoms with Crippen LogP contribution in [0.2, 0.25) is 0 Å². The number of hydrogen-bond acceptors (Lipinski definition) is 9. The SMILES string of the molecule is COCCN(CCOC)S(=O)(=O)c1ccc(C(=O)N(CC2CCCO2)c2nc3ccc(OC)cc3s2)cc1. The standard InChI is InChI=1S/C26H33N3O7S2/c1-33-15-12-28(13-16-34-2)38(31,32)22-9-6-19(7-10-22)25(30)29(18-21-5-4-14-36-21)26-27-23-11-8-20(35-3)17-24(23)37-26/h6-11,17,21H,4-5,12-16,18H2,1-3H3. The van der Waals surface area contributed by atoms with Gasteiger partial charge in [-0.3, -0.25) is 9.69 Å². The van der Waals surface area contributed by atoms with E-state index in [4.69, 9.17) is 23.9 Å². The molecule has 12 heteroatoms. The van der Waals surface area contributed by atoms with E-state index in [0.717, 1.165) is 23.1 Å². The molecule has 1 fully saturated rings. The number of carbonyl (C=O) groups is 1. The molecule has 1 aliphatic rings. The van der Waals surface area contributed by atoms with Crippen LogP contribution >= 0.6 is 11.3 Å². The largest absolute Gasteiger partial charge is 0.497 e. The maximum atomic E-state index is 13.7.